The van der Waals surface area contributed by atoms with E-state index < -0.39 is 30.5 Å². The molecule has 0 spiro atoms. The van der Waals surface area contributed by atoms with Crippen LogP contribution >= 0.6 is 22.9 Å². The first kappa shape index (κ1) is 25.9. The highest BCUT2D eigenvalue weighted by molar-refractivity contribution is 7.22. The normalized spacial score (nSPS) is 13.0. The van der Waals surface area contributed by atoms with Crippen LogP contribution < -0.4 is 10.5 Å². The second kappa shape index (κ2) is 12.2. The number of nitrogens with zero attached hydrogens (tertiary/aromatic N) is 3. The zero-order chi connectivity index (χ0) is 24.7. The third kappa shape index (κ3) is 6.47. The average molecular weight is 511 g/mol. The highest BCUT2D eigenvalue weighted by atomic mass is 35.5. The number of aromatic nitrogens is 1. The zero-order valence-corrected chi connectivity index (χ0v) is 19.8. The fourth-order valence-corrected chi connectivity index (χ4v) is 4.32. The van der Waals surface area contributed by atoms with E-state index in [4.69, 9.17) is 16.4 Å². The van der Waals surface area contributed by atoms with E-state index in [1.165, 1.54) is 35.4 Å². The number of carbonyl (C=O) groups is 2. The average Bonchev–Trinajstić information content (AvgIpc) is 3.25. The van der Waals surface area contributed by atoms with Crippen LogP contribution in [0, 0.1) is 5.82 Å². The molecule has 0 bridgehead atoms. The van der Waals surface area contributed by atoms with Gasteiger partial charge in [0.25, 0.3) is 0 Å². The number of hydroxylamine groups is 1. The van der Waals surface area contributed by atoms with E-state index >= 15 is 0 Å². The third-order valence-electron chi connectivity index (χ3n) is 4.90. The molecular formula is C22H24ClFN4O5S. The van der Waals surface area contributed by atoms with Crippen LogP contribution in [0.2, 0.25) is 5.02 Å². The lowest BCUT2D eigenvalue weighted by molar-refractivity contribution is -0.138. The van der Waals surface area contributed by atoms with Crippen LogP contribution in [0.4, 0.5) is 9.52 Å². The molecular weight excluding hydrogens is 487 g/mol. The Hall–Kier alpha value is -2.67. The Morgan fingerprint density at radius 3 is 2.76 bits per heavy atom. The number of aliphatic hydroxyl groups excluding tert-OH is 2. The molecule has 34 heavy (non-hydrogen) atoms. The van der Waals surface area contributed by atoms with Gasteiger partial charge in [-0.3, -0.25) is 19.4 Å². The van der Waals surface area contributed by atoms with Gasteiger partial charge in [-0.25, -0.2) is 14.8 Å². The Morgan fingerprint density at radius 2 is 2.09 bits per heavy atom. The van der Waals surface area contributed by atoms with E-state index in [-0.39, 0.29) is 24.6 Å². The second-order valence-corrected chi connectivity index (χ2v) is 8.74. The molecule has 1 heterocycles. The molecule has 182 valence electrons. The fraction of sp³-hybridized carbons (Fsp3) is 0.318. The third-order valence-corrected chi connectivity index (χ3v) is 6.35. The van der Waals surface area contributed by atoms with Gasteiger partial charge in [0.05, 0.1) is 40.6 Å². The van der Waals surface area contributed by atoms with E-state index in [9.17, 15) is 24.2 Å². The summed E-state index contributed by atoms with van der Waals surface area (Å²) in [6.07, 6.45) is -0.760. The summed E-state index contributed by atoms with van der Waals surface area (Å²) in [5, 5.41) is 21.7. The molecule has 0 aliphatic heterocycles. The number of hydrogen-bond donors (Lipinski definition) is 3. The smallest absolute Gasteiger partial charge is 0.240 e. The fourth-order valence-electron chi connectivity index (χ4n) is 3.24. The van der Waals surface area contributed by atoms with E-state index in [1.54, 1.807) is 12.1 Å². The summed E-state index contributed by atoms with van der Waals surface area (Å²) in [5.41, 5.74) is 3.99. The summed E-state index contributed by atoms with van der Waals surface area (Å²) in [5.74, 6) is -1.02. The molecule has 2 amide bonds. The van der Waals surface area contributed by atoms with Gasteiger partial charge in [0.2, 0.25) is 17.4 Å². The Labute approximate surface area is 204 Å². The van der Waals surface area contributed by atoms with Gasteiger partial charge < -0.3 is 10.2 Å². The van der Waals surface area contributed by atoms with E-state index in [1.807, 2.05) is 18.2 Å². The number of aliphatic hydroxyl groups is 2. The molecule has 12 heteroatoms. The summed E-state index contributed by atoms with van der Waals surface area (Å²) in [6, 6.07) is 10.9. The molecule has 1 aromatic heterocycles. The van der Waals surface area contributed by atoms with Gasteiger partial charge in [-0.05, 0) is 30.2 Å². The molecule has 2 aromatic carbocycles. The van der Waals surface area contributed by atoms with Gasteiger partial charge in [0, 0.05) is 13.5 Å². The minimum atomic E-state index is -1.15. The van der Waals surface area contributed by atoms with Gasteiger partial charge in [-0.15, -0.1) is 0 Å². The SMILES string of the molecule is CC(=O)N(NCc1cccc(F)c1Cl)[C@H](CON(C=O)c1nc2ccccc2s1)C[C@@H](O)CO. The first-order valence-corrected chi connectivity index (χ1v) is 11.5. The number of carbonyl (C=O) groups excluding carboxylic acids is 2. The predicted octanol–water partition coefficient (Wildman–Crippen LogP) is 2.65. The number of amides is 2. The molecule has 0 unspecified atom stereocenters. The number of anilines is 1. The van der Waals surface area contributed by atoms with Crippen molar-refractivity contribution in [1.29, 1.82) is 0 Å². The molecule has 0 saturated heterocycles. The van der Waals surface area contributed by atoms with Gasteiger partial charge >= 0.3 is 0 Å². The van der Waals surface area contributed by atoms with Crippen LogP contribution in [-0.4, -0.2) is 57.9 Å². The van der Waals surface area contributed by atoms with E-state index in [2.05, 4.69) is 10.4 Å². The van der Waals surface area contributed by atoms with Crippen molar-refractivity contribution in [2.45, 2.75) is 32.0 Å². The van der Waals surface area contributed by atoms with Crippen molar-refractivity contribution in [1.82, 2.24) is 15.4 Å². The maximum atomic E-state index is 13.8. The first-order valence-electron chi connectivity index (χ1n) is 10.3. The maximum absolute atomic E-state index is 13.8. The number of benzene rings is 2. The van der Waals surface area contributed by atoms with Crippen molar-refractivity contribution in [2.75, 3.05) is 18.3 Å². The van der Waals surface area contributed by atoms with Crippen molar-refractivity contribution in [3.05, 3.63) is 58.9 Å². The number of thiazole rings is 1. The molecule has 3 aromatic rings. The number of halogens is 2. The van der Waals surface area contributed by atoms with Crippen LogP contribution in [0.5, 0.6) is 0 Å². The van der Waals surface area contributed by atoms with Crippen LogP contribution in [0.3, 0.4) is 0 Å². The lowest BCUT2D eigenvalue weighted by atomic mass is 10.1. The maximum Gasteiger partial charge on any atom is 0.240 e. The van der Waals surface area contributed by atoms with Crippen LogP contribution in [-0.2, 0) is 21.0 Å². The molecule has 9 nitrogen and oxygen atoms in total. The molecule has 0 aliphatic rings. The van der Waals surface area contributed by atoms with Crippen molar-refractivity contribution in [3.63, 3.8) is 0 Å². The van der Waals surface area contributed by atoms with Crippen molar-refractivity contribution < 1.29 is 29.0 Å². The number of hydrogen-bond acceptors (Lipinski definition) is 8. The van der Waals surface area contributed by atoms with Gasteiger partial charge in [-0.1, -0.05) is 47.2 Å². The van der Waals surface area contributed by atoms with Crippen LogP contribution in [0.1, 0.15) is 18.9 Å². The molecule has 0 aliphatic carbocycles. The Kier molecular flexibility index (Phi) is 9.28. The van der Waals surface area contributed by atoms with Crippen molar-refractivity contribution >= 4 is 50.6 Å². The monoisotopic (exact) mass is 510 g/mol. The second-order valence-electron chi connectivity index (χ2n) is 7.35. The number of para-hydroxylation sites is 1. The zero-order valence-electron chi connectivity index (χ0n) is 18.2. The van der Waals surface area contributed by atoms with Crippen LogP contribution in [0.25, 0.3) is 10.2 Å². The Bertz CT molecular complexity index is 1100. The molecule has 0 saturated carbocycles. The largest absolute Gasteiger partial charge is 0.394 e. The number of nitrogens with one attached hydrogen (secondary N) is 1. The number of rotatable bonds is 12. The summed E-state index contributed by atoms with van der Waals surface area (Å²) in [4.78, 5) is 34.1. The quantitative estimate of drug-likeness (QED) is 0.253. The number of hydrazine groups is 1. The molecule has 3 rings (SSSR count). The predicted molar refractivity (Wildman–Crippen MR) is 126 cm³/mol. The van der Waals surface area contributed by atoms with Crippen molar-refractivity contribution in [3.8, 4) is 0 Å². The summed E-state index contributed by atoms with van der Waals surface area (Å²) >= 11 is 7.25. The van der Waals surface area contributed by atoms with Gasteiger partial charge in [0.1, 0.15) is 5.82 Å². The van der Waals surface area contributed by atoms with Gasteiger partial charge in [0.15, 0.2) is 0 Å². The lowest BCUT2D eigenvalue weighted by Crippen LogP contribution is -2.52. The highest BCUT2D eigenvalue weighted by Crippen LogP contribution is 2.28. The Balaban J connectivity index is 1.76. The van der Waals surface area contributed by atoms with Crippen LogP contribution in [0.15, 0.2) is 42.5 Å². The minimum absolute atomic E-state index is 0.0111. The summed E-state index contributed by atoms with van der Waals surface area (Å²) in [7, 11) is 0. The van der Waals surface area contributed by atoms with Crippen molar-refractivity contribution in [2.24, 2.45) is 0 Å². The van der Waals surface area contributed by atoms with Gasteiger partial charge in [-0.2, -0.15) is 5.06 Å². The lowest BCUT2D eigenvalue weighted by Gasteiger charge is -2.33. The first-order chi connectivity index (χ1) is 16.3. The summed E-state index contributed by atoms with van der Waals surface area (Å²) < 4.78 is 14.6. The molecule has 0 fully saturated rings. The molecule has 0 radical (unpaired) electrons. The van der Waals surface area contributed by atoms with E-state index in [0.717, 1.165) is 9.76 Å². The standard InChI is InChI=1S/C22H24ClFN4O5S/c1-14(31)28(25-10-15-5-4-6-18(24)21(15)23)16(9-17(32)11-29)12-33-27(13-30)22-26-19-7-2-3-8-20(19)34-22/h2-8,13,16-17,25,29,32H,9-12H2,1H3/t16-,17+/m0/s1. The summed E-state index contributed by atoms with van der Waals surface area (Å²) in [6.45, 7) is 0.559. The Morgan fingerprint density at radius 1 is 1.32 bits per heavy atom. The van der Waals surface area contributed by atoms with E-state index in [0.29, 0.717) is 22.6 Å². The molecule has 3 N–H and O–H groups in total. The molecule has 2 atom stereocenters. The number of fused-ring (bicyclic) bond motifs is 1. The highest BCUT2D eigenvalue weighted by Gasteiger charge is 2.26. The minimum Gasteiger partial charge on any atom is -0.394 e. The topological polar surface area (TPSA) is 115 Å².